The first-order valence-corrected chi connectivity index (χ1v) is 6.57. The van der Waals surface area contributed by atoms with Crippen LogP contribution in [0.15, 0.2) is 12.1 Å². The van der Waals surface area contributed by atoms with E-state index in [1.54, 1.807) is 0 Å². The summed E-state index contributed by atoms with van der Waals surface area (Å²) in [5.74, 6) is 3.12. The lowest BCUT2D eigenvalue weighted by atomic mass is 10.1. The maximum Gasteiger partial charge on any atom is 0.163 e. The molecule has 0 saturated heterocycles. The molecular weight excluding hydrogens is 228 g/mol. The molecule has 18 heavy (non-hydrogen) atoms. The summed E-state index contributed by atoms with van der Waals surface area (Å²) in [6.45, 7) is 5.63. The van der Waals surface area contributed by atoms with Gasteiger partial charge in [-0.3, -0.25) is 0 Å². The Balaban J connectivity index is 2.01. The molecule has 0 radical (unpaired) electrons. The Bertz CT molecular complexity index is 519. The van der Waals surface area contributed by atoms with Crippen molar-refractivity contribution in [1.29, 1.82) is 0 Å². The standard InChI is InChI=1S/C14H18N2O2/c1-3-4-9(2)14-15-10-7-12-13(8-11(10)16-14)18-6-5-17-12/h7-9H,3-6H2,1-2H3,(H,15,16). The van der Waals surface area contributed by atoms with Gasteiger partial charge in [0.2, 0.25) is 0 Å². The predicted octanol–water partition coefficient (Wildman–Crippen LogP) is 3.24. The average molecular weight is 246 g/mol. The molecule has 2 heterocycles. The lowest BCUT2D eigenvalue weighted by Crippen LogP contribution is -2.15. The Morgan fingerprint density at radius 2 is 2.00 bits per heavy atom. The van der Waals surface area contributed by atoms with Crippen molar-refractivity contribution < 1.29 is 9.47 Å². The van der Waals surface area contributed by atoms with E-state index in [1.165, 1.54) is 6.42 Å². The maximum absolute atomic E-state index is 5.58. The fraction of sp³-hybridized carbons (Fsp3) is 0.500. The van der Waals surface area contributed by atoms with Crippen molar-refractivity contribution in [3.8, 4) is 11.5 Å². The molecule has 0 spiro atoms. The maximum atomic E-state index is 5.58. The highest BCUT2D eigenvalue weighted by Crippen LogP contribution is 2.34. The van der Waals surface area contributed by atoms with Crippen LogP contribution >= 0.6 is 0 Å². The van der Waals surface area contributed by atoms with Gasteiger partial charge in [0.1, 0.15) is 19.0 Å². The second kappa shape index (κ2) is 4.52. The van der Waals surface area contributed by atoms with Crippen LogP contribution in [0.25, 0.3) is 11.0 Å². The van der Waals surface area contributed by atoms with E-state index in [1.807, 2.05) is 12.1 Å². The highest BCUT2D eigenvalue weighted by atomic mass is 16.6. The normalized spacial score (nSPS) is 15.9. The molecule has 4 heteroatoms. The molecule has 0 aliphatic carbocycles. The average Bonchev–Trinajstić information content (AvgIpc) is 2.79. The third kappa shape index (κ3) is 1.92. The molecule has 1 atom stereocenters. The lowest BCUT2D eigenvalue weighted by Gasteiger charge is -2.17. The number of hydrogen-bond donors (Lipinski definition) is 1. The zero-order valence-corrected chi connectivity index (χ0v) is 10.8. The molecule has 1 N–H and O–H groups in total. The Morgan fingerprint density at radius 1 is 1.28 bits per heavy atom. The summed E-state index contributed by atoms with van der Waals surface area (Å²) < 4.78 is 11.1. The minimum absolute atomic E-state index is 0.460. The molecule has 1 aliphatic heterocycles. The molecule has 2 aromatic rings. The Kier molecular flexibility index (Phi) is 2.86. The minimum Gasteiger partial charge on any atom is -0.486 e. The number of hydrogen-bond acceptors (Lipinski definition) is 3. The van der Waals surface area contributed by atoms with Crippen LogP contribution in [0.4, 0.5) is 0 Å². The monoisotopic (exact) mass is 246 g/mol. The summed E-state index contributed by atoms with van der Waals surface area (Å²) in [6, 6.07) is 3.95. The number of aromatic amines is 1. The molecule has 96 valence electrons. The van der Waals surface area contributed by atoms with Gasteiger partial charge < -0.3 is 14.5 Å². The van der Waals surface area contributed by atoms with E-state index in [0.717, 1.165) is 34.8 Å². The summed E-state index contributed by atoms with van der Waals surface area (Å²) in [5, 5.41) is 0. The number of nitrogens with zero attached hydrogens (tertiary/aromatic N) is 1. The van der Waals surface area contributed by atoms with Crippen LogP contribution < -0.4 is 9.47 Å². The van der Waals surface area contributed by atoms with Gasteiger partial charge in [-0.25, -0.2) is 4.98 Å². The molecule has 0 amide bonds. The first-order chi connectivity index (χ1) is 8.78. The molecular formula is C14H18N2O2. The van der Waals surface area contributed by atoms with Gasteiger partial charge in [-0.1, -0.05) is 20.3 Å². The molecule has 3 rings (SSSR count). The molecule has 0 bridgehead atoms. The Labute approximate surface area is 106 Å². The number of benzene rings is 1. The van der Waals surface area contributed by atoms with Crippen LogP contribution in [0, 0.1) is 0 Å². The SMILES string of the molecule is CCCC(C)c1nc2cc3c(cc2[nH]1)OCCO3. The van der Waals surface area contributed by atoms with Gasteiger partial charge in [0.05, 0.1) is 11.0 Å². The van der Waals surface area contributed by atoms with Crippen molar-refractivity contribution >= 4 is 11.0 Å². The van der Waals surface area contributed by atoms with Crippen molar-refractivity contribution in [3.63, 3.8) is 0 Å². The molecule has 1 aliphatic rings. The van der Waals surface area contributed by atoms with Crippen LogP contribution in [0.5, 0.6) is 11.5 Å². The number of imidazole rings is 1. The van der Waals surface area contributed by atoms with Gasteiger partial charge in [-0.05, 0) is 6.42 Å². The number of H-pyrrole nitrogens is 1. The highest BCUT2D eigenvalue weighted by molar-refractivity contribution is 5.80. The van der Waals surface area contributed by atoms with Gasteiger partial charge in [0, 0.05) is 18.1 Å². The molecule has 0 fully saturated rings. The molecule has 1 aromatic heterocycles. The molecule has 1 aromatic carbocycles. The summed E-state index contributed by atoms with van der Waals surface area (Å²) in [4.78, 5) is 8.03. The second-order valence-electron chi connectivity index (χ2n) is 4.82. The number of nitrogens with one attached hydrogen (secondary N) is 1. The van der Waals surface area contributed by atoms with E-state index >= 15 is 0 Å². The zero-order valence-electron chi connectivity index (χ0n) is 10.8. The number of rotatable bonds is 3. The summed E-state index contributed by atoms with van der Waals surface area (Å²) in [6.07, 6.45) is 2.31. The second-order valence-corrected chi connectivity index (χ2v) is 4.82. The van der Waals surface area contributed by atoms with Crippen LogP contribution in [-0.2, 0) is 0 Å². The first-order valence-electron chi connectivity index (χ1n) is 6.57. The number of ether oxygens (including phenoxy) is 2. The smallest absolute Gasteiger partial charge is 0.163 e. The van der Waals surface area contributed by atoms with E-state index < -0.39 is 0 Å². The van der Waals surface area contributed by atoms with Gasteiger partial charge >= 0.3 is 0 Å². The van der Waals surface area contributed by atoms with Crippen molar-refractivity contribution in [2.24, 2.45) is 0 Å². The van der Waals surface area contributed by atoms with Gasteiger partial charge in [0.25, 0.3) is 0 Å². The van der Waals surface area contributed by atoms with Crippen molar-refractivity contribution in [2.75, 3.05) is 13.2 Å². The van der Waals surface area contributed by atoms with E-state index in [-0.39, 0.29) is 0 Å². The molecule has 0 saturated carbocycles. The number of fused-ring (bicyclic) bond motifs is 2. The van der Waals surface area contributed by atoms with Crippen molar-refractivity contribution in [2.45, 2.75) is 32.6 Å². The Hall–Kier alpha value is -1.71. The van der Waals surface area contributed by atoms with E-state index in [9.17, 15) is 0 Å². The Morgan fingerprint density at radius 3 is 2.72 bits per heavy atom. The van der Waals surface area contributed by atoms with Gasteiger partial charge in [0.15, 0.2) is 11.5 Å². The largest absolute Gasteiger partial charge is 0.486 e. The third-order valence-corrected chi connectivity index (χ3v) is 3.35. The fourth-order valence-corrected chi connectivity index (χ4v) is 2.37. The van der Waals surface area contributed by atoms with Crippen molar-refractivity contribution in [3.05, 3.63) is 18.0 Å². The van der Waals surface area contributed by atoms with E-state index in [2.05, 4.69) is 23.8 Å². The van der Waals surface area contributed by atoms with Crippen molar-refractivity contribution in [1.82, 2.24) is 9.97 Å². The minimum atomic E-state index is 0.460. The highest BCUT2D eigenvalue weighted by Gasteiger charge is 2.16. The topological polar surface area (TPSA) is 47.1 Å². The molecule has 4 nitrogen and oxygen atoms in total. The summed E-state index contributed by atoms with van der Waals surface area (Å²) >= 11 is 0. The quantitative estimate of drug-likeness (QED) is 0.904. The zero-order chi connectivity index (χ0) is 12.5. The molecule has 1 unspecified atom stereocenters. The van der Waals surface area contributed by atoms with Crippen LogP contribution in [0.2, 0.25) is 0 Å². The van der Waals surface area contributed by atoms with Gasteiger partial charge in [-0.2, -0.15) is 0 Å². The summed E-state index contributed by atoms with van der Waals surface area (Å²) in [7, 11) is 0. The van der Waals surface area contributed by atoms with Crippen LogP contribution in [-0.4, -0.2) is 23.2 Å². The summed E-state index contributed by atoms with van der Waals surface area (Å²) in [5.41, 5.74) is 1.98. The van der Waals surface area contributed by atoms with Gasteiger partial charge in [-0.15, -0.1) is 0 Å². The first kappa shape index (κ1) is 11.4. The van der Waals surface area contributed by atoms with E-state index in [4.69, 9.17) is 9.47 Å². The fourth-order valence-electron chi connectivity index (χ4n) is 2.37. The predicted molar refractivity (Wildman–Crippen MR) is 70.4 cm³/mol. The van der Waals surface area contributed by atoms with Crippen LogP contribution in [0.3, 0.4) is 0 Å². The lowest BCUT2D eigenvalue weighted by molar-refractivity contribution is 0.172. The third-order valence-electron chi connectivity index (χ3n) is 3.35. The van der Waals surface area contributed by atoms with Crippen LogP contribution in [0.1, 0.15) is 38.4 Å². The number of aromatic nitrogens is 2. The van der Waals surface area contributed by atoms with E-state index in [0.29, 0.717) is 19.1 Å².